The van der Waals surface area contributed by atoms with Crippen LogP contribution < -0.4 is 21.3 Å². The van der Waals surface area contributed by atoms with Crippen molar-refractivity contribution >= 4 is 24.0 Å². The molecule has 118 valence electrons. The fraction of sp³-hybridized carbons (Fsp3) is 0.429. The van der Waals surface area contributed by atoms with Gasteiger partial charge >= 0.3 is 12.1 Å². The largest absolute Gasteiger partial charge is 0.389 e. The number of aromatic nitrogens is 8. The van der Waals surface area contributed by atoms with Gasteiger partial charge in [0.05, 0.1) is 6.10 Å². The van der Waals surface area contributed by atoms with Gasteiger partial charge in [0, 0.05) is 13.1 Å². The summed E-state index contributed by atoms with van der Waals surface area (Å²) in [6, 6.07) is -1.23. The van der Waals surface area contributed by atoms with Crippen molar-refractivity contribution in [1.29, 1.82) is 0 Å². The van der Waals surface area contributed by atoms with Crippen molar-refractivity contribution in [2.75, 3.05) is 23.7 Å². The molecule has 15 heteroatoms. The van der Waals surface area contributed by atoms with Crippen LogP contribution >= 0.6 is 0 Å². The van der Waals surface area contributed by atoms with Gasteiger partial charge in [-0.3, -0.25) is 10.6 Å². The van der Waals surface area contributed by atoms with Crippen molar-refractivity contribution in [1.82, 2.24) is 51.9 Å². The molecule has 0 aromatic carbocycles. The zero-order valence-electron chi connectivity index (χ0n) is 10.9. The summed E-state index contributed by atoms with van der Waals surface area (Å²) in [5, 5.41) is 43.5. The molecule has 2 rings (SSSR count). The minimum absolute atomic E-state index is 0.0603. The molecule has 2 aromatic rings. The number of urea groups is 2. The fourth-order valence-corrected chi connectivity index (χ4v) is 1.22. The smallest absolute Gasteiger partial charge is 0.321 e. The highest BCUT2D eigenvalue weighted by molar-refractivity contribution is 5.87. The molecule has 0 fully saturated rings. The van der Waals surface area contributed by atoms with E-state index in [1.807, 2.05) is 0 Å². The molecule has 22 heavy (non-hydrogen) atoms. The molecule has 0 aliphatic carbocycles. The van der Waals surface area contributed by atoms with E-state index in [1.165, 1.54) is 0 Å². The van der Waals surface area contributed by atoms with Crippen LogP contribution in [-0.4, -0.2) is 77.6 Å². The maximum Gasteiger partial charge on any atom is 0.321 e. The highest BCUT2D eigenvalue weighted by atomic mass is 16.3. The summed E-state index contributed by atoms with van der Waals surface area (Å²) in [6.07, 6.45) is -1.00. The number of H-pyrrole nitrogens is 2. The summed E-state index contributed by atoms with van der Waals surface area (Å²) in [7, 11) is 0. The molecule has 0 spiro atoms. The monoisotopic (exact) mass is 312 g/mol. The molecule has 0 saturated heterocycles. The van der Waals surface area contributed by atoms with E-state index in [0.29, 0.717) is 0 Å². The molecule has 0 atom stereocenters. The molecule has 0 aliphatic rings. The van der Waals surface area contributed by atoms with Crippen LogP contribution in [0, 0.1) is 0 Å². The van der Waals surface area contributed by atoms with E-state index >= 15 is 0 Å². The molecule has 0 bridgehead atoms. The predicted molar refractivity (Wildman–Crippen MR) is 68.4 cm³/mol. The first-order valence-corrected chi connectivity index (χ1v) is 5.88. The summed E-state index contributed by atoms with van der Waals surface area (Å²) in [6.45, 7) is -0.199. The second-order valence-corrected chi connectivity index (χ2v) is 3.82. The predicted octanol–water partition coefficient (Wildman–Crippen LogP) is -2.98. The second-order valence-electron chi connectivity index (χ2n) is 3.82. The molecule has 0 radical (unpaired) electrons. The van der Waals surface area contributed by atoms with Crippen molar-refractivity contribution in [3.05, 3.63) is 0 Å². The number of nitrogens with one attached hydrogen (secondary N) is 6. The SMILES string of the molecule is O=C(NCC(O)CNC(=O)Nc1nnn[nH]1)Nc1nnn[nH]1. The average Bonchev–Trinajstić information content (AvgIpc) is 3.16. The van der Waals surface area contributed by atoms with E-state index in [9.17, 15) is 14.7 Å². The first kappa shape index (κ1) is 15.0. The van der Waals surface area contributed by atoms with Gasteiger partial charge in [0.1, 0.15) is 0 Å². The quantitative estimate of drug-likeness (QED) is 0.289. The van der Waals surface area contributed by atoms with Crippen LogP contribution in [0.15, 0.2) is 0 Å². The lowest BCUT2D eigenvalue weighted by molar-refractivity contribution is 0.170. The number of amides is 4. The summed E-state index contributed by atoms with van der Waals surface area (Å²) in [5.41, 5.74) is 0. The fourth-order valence-electron chi connectivity index (χ4n) is 1.22. The topological polar surface area (TPSA) is 211 Å². The van der Waals surface area contributed by atoms with Crippen LogP contribution in [0.5, 0.6) is 0 Å². The van der Waals surface area contributed by atoms with E-state index in [4.69, 9.17) is 0 Å². The Labute approximate surface area is 121 Å². The number of aliphatic hydroxyl groups is 1. The van der Waals surface area contributed by atoms with E-state index in [-0.39, 0.29) is 25.0 Å². The number of carbonyl (C=O) groups excluding carboxylic acids is 2. The Morgan fingerprint density at radius 1 is 0.955 bits per heavy atom. The Balaban J connectivity index is 1.60. The maximum absolute atomic E-state index is 11.4. The van der Waals surface area contributed by atoms with E-state index < -0.39 is 18.2 Å². The van der Waals surface area contributed by atoms with Gasteiger partial charge in [0.25, 0.3) is 0 Å². The van der Waals surface area contributed by atoms with Crippen LogP contribution in [0.2, 0.25) is 0 Å². The molecule has 7 N–H and O–H groups in total. The summed E-state index contributed by atoms with van der Waals surface area (Å²) >= 11 is 0. The lowest BCUT2D eigenvalue weighted by Gasteiger charge is -2.12. The summed E-state index contributed by atoms with van der Waals surface area (Å²) in [5.74, 6) is 0.121. The Bertz CT molecular complexity index is 530. The minimum atomic E-state index is -1.00. The van der Waals surface area contributed by atoms with Crippen molar-refractivity contribution in [3.63, 3.8) is 0 Å². The molecule has 15 nitrogen and oxygen atoms in total. The Morgan fingerprint density at radius 3 is 1.77 bits per heavy atom. The molecule has 0 aliphatic heterocycles. The van der Waals surface area contributed by atoms with Gasteiger partial charge in [-0.1, -0.05) is 10.2 Å². The van der Waals surface area contributed by atoms with Crippen LogP contribution in [0.1, 0.15) is 0 Å². The van der Waals surface area contributed by atoms with Crippen LogP contribution in [0.4, 0.5) is 21.5 Å². The van der Waals surface area contributed by atoms with Crippen LogP contribution in [0.25, 0.3) is 0 Å². The molecule has 2 aromatic heterocycles. The van der Waals surface area contributed by atoms with Crippen molar-refractivity contribution in [3.8, 4) is 0 Å². The number of aromatic amines is 2. The molecule has 0 unspecified atom stereocenters. The van der Waals surface area contributed by atoms with Gasteiger partial charge in [-0.25, -0.2) is 19.8 Å². The van der Waals surface area contributed by atoms with Crippen molar-refractivity contribution in [2.45, 2.75) is 6.10 Å². The molecule has 0 saturated carbocycles. The standard InChI is InChI=1S/C7H12N12O3/c20-3(1-8-6(21)10-4-12-16-17-13-4)2-9-7(22)11-5-14-18-19-15-5/h3,20H,1-2H2,(H3,8,10,12,13,16,17,21)(H3,9,11,14,15,18,19,22). The first-order valence-electron chi connectivity index (χ1n) is 5.88. The van der Waals surface area contributed by atoms with E-state index in [2.05, 4.69) is 62.5 Å². The molecular weight excluding hydrogens is 300 g/mol. The highest BCUT2D eigenvalue weighted by Crippen LogP contribution is 1.90. The highest BCUT2D eigenvalue weighted by Gasteiger charge is 2.10. The molecule has 4 amide bonds. The third kappa shape index (κ3) is 4.96. The third-order valence-corrected chi connectivity index (χ3v) is 2.15. The second kappa shape index (κ2) is 7.43. The number of aliphatic hydroxyl groups excluding tert-OH is 1. The number of rotatable bonds is 6. The van der Waals surface area contributed by atoms with Gasteiger partial charge < -0.3 is 15.7 Å². The molecular formula is C7H12N12O3. The average molecular weight is 312 g/mol. The van der Waals surface area contributed by atoms with Crippen molar-refractivity contribution in [2.24, 2.45) is 0 Å². The van der Waals surface area contributed by atoms with Gasteiger partial charge in [0.15, 0.2) is 0 Å². The van der Waals surface area contributed by atoms with Crippen LogP contribution in [-0.2, 0) is 0 Å². The van der Waals surface area contributed by atoms with Gasteiger partial charge in [0.2, 0.25) is 11.9 Å². The lowest BCUT2D eigenvalue weighted by Crippen LogP contribution is -2.42. The Kier molecular flexibility index (Phi) is 5.08. The molecule has 2 heterocycles. The minimum Gasteiger partial charge on any atom is -0.389 e. The van der Waals surface area contributed by atoms with Crippen molar-refractivity contribution < 1.29 is 14.7 Å². The third-order valence-electron chi connectivity index (χ3n) is 2.15. The lowest BCUT2D eigenvalue weighted by atomic mass is 10.3. The number of nitrogens with zero attached hydrogens (tertiary/aromatic N) is 6. The summed E-state index contributed by atoms with van der Waals surface area (Å²) in [4.78, 5) is 22.8. The zero-order valence-corrected chi connectivity index (χ0v) is 10.9. The first-order chi connectivity index (χ1) is 10.6. The van der Waals surface area contributed by atoms with Gasteiger partial charge in [-0.05, 0) is 20.9 Å². The van der Waals surface area contributed by atoms with Gasteiger partial charge in [-0.2, -0.15) is 0 Å². The summed E-state index contributed by atoms with van der Waals surface area (Å²) < 4.78 is 0. The number of anilines is 2. The normalized spacial score (nSPS) is 10.3. The zero-order chi connectivity index (χ0) is 15.8. The van der Waals surface area contributed by atoms with Crippen LogP contribution in [0.3, 0.4) is 0 Å². The number of hydrogen-bond donors (Lipinski definition) is 7. The number of carbonyl (C=O) groups is 2. The number of hydrogen-bond acceptors (Lipinski definition) is 9. The number of tetrazole rings is 2. The maximum atomic E-state index is 11.4. The Hall–Kier alpha value is -3.36. The van der Waals surface area contributed by atoms with Gasteiger partial charge in [-0.15, -0.1) is 0 Å². The Morgan fingerprint density at radius 2 is 1.41 bits per heavy atom. The van der Waals surface area contributed by atoms with E-state index in [0.717, 1.165) is 0 Å². The van der Waals surface area contributed by atoms with E-state index in [1.54, 1.807) is 0 Å².